The molecule has 1 atom stereocenters. The van der Waals surface area contributed by atoms with Crippen LogP contribution in [0.1, 0.15) is 20.7 Å². The third-order valence-electron chi connectivity index (χ3n) is 2.68. The fourth-order valence-corrected chi connectivity index (χ4v) is 2.24. The molecule has 1 aromatic rings. The van der Waals surface area contributed by atoms with Gasteiger partial charge in [-0.1, -0.05) is 28.1 Å². The van der Waals surface area contributed by atoms with Gasteiger partial charge in [-0.15, -0.1) is 0 Å². The smallest absolute Gasteiger partial charge is 0.321 e. The molecule has 0 aliphatic carbocycles. The summed E-state index contributed by atoms with van der Waals surface area (Å²) in [5.74, 6) is -1.29. The van der Waals surface area contributed by atoms with Crippen molar-refractivity contribution in [3.63, 3.8) is 0 Å². The monoisotopic (exact) mass is 311 g/mol. The van der Waals surface area contributed by atoms with Crippen LogP contribution in [0.2, 0.25) is 0 Å². The summed E-state index contributed by atoms with van der Waals surface area (Å²) in [5, 5.41) is 0. The summed E-state index contributed by atoms with van der Waals surface area (Å²) >= 11 is 3.09. The Morgan fingerprint density at radius 2 is 1.78 bits per heavy atom. The molecule has 0 unspecified atom stereocenters. The molecule has 0 saturated carbocycles. The molecule has 6 heteroatoms. The van der Waals surface area contributed by atoms with Gasteiger partial charge in [0, 0.05) is 0 Å². The first-order chi connectivity index (χ1) is 8.56. The number of alkyl halides is 1. The highest BCUT2D eigenvalue weighted by Gasteiger charge is 2.37. The molecule has 1 aromatic carbocycles. The Labute approximate surface area is 112 Å². The topological polar surface area (TPSA) is 63.7 Å². The largest absolute Gasteiger partial charge is 0.468 e. The van der Waals surface area contributed by atoms with E-state index in [2.05, 4.69) is 20.7 Å². The molecule has 1 heterocycles. The van der Waals surface area contributed by atoms with E-state index in [1.54, 1.807) is 24.3 Å². The molecule has 0 saturated heterocycles. The van der Waals surface area contributed by atoms with Crippen molar-refractivity contribution in [2.45, 2.75) is 4.83 Å². The Morgan fingerprint density at radius 3 is 2.22 bits per heavy atom. The minimum atomic E-state index is -0.718. The van der Waals surface area contributed by atoms with Gasteiger partial charge >= 0.3 is 5.97 Å². The lowest BCUT2D eigenvalue weighted by atomic mass is 10.1. The van der Waals surface area contributed by atoms with Gasteiger partial charge in [-0.2, -0.15) is 0 Å². The Kier molecular flexibility index (Phi) is 3.47. The van der Waals surface area contributed by atoms with E-state index in [4.69, 9.17) is 0 Å². The van der Waals surface area contributed by atoms with Crippen LogP contribution in [0.5, 0.6) is 0 Å². The number of imide groups is 1. The summed E-state index contributed by atoms with van der Waals surface area (Å²) in [6.45, 7) is -0.0426. The van der Waals surface area contributed by atoms with Gasteiger partial charge in [0.2, 0.25) is 0 Å². The van der Waals surface area contributed by atoms with Crippen molar-refractivity contribution in [3.8, 4) is 0 Å². The van der Waals surface area contributed by atoms with E-state index < -0.39 is 10.8 Å². The first-order valence-corrected chi connectivity index (χ1v) is 6.15. The average Bonchev–Trinajstić information content (AvgIpc) is 2.63. The minimum Gasteiger partial charge on any atom is -0.468 e. The van der Waals surface area contributed by atoms with Gasteiger partial charge < -0.3 is 4.74 Å². The van der Waals surface area contributed by atoms with Crippen molar-refractivity contribution in [2.24, 2.45) is 0 Å². The second-order valence-corrected chi connectivity index (χ2v) is 4.86. The van der Waals surface area contributed by atoms with Crippen molar-refractivity contribution in [2.75, 3.05) is 13.7 Å². The fraction of sp³-hybridized carbons (Fsp3) is 0.250. The number of hydrogen-bond donors (Lipinski definition) is 0. The van der Waals surface area contributed by atoms with Gasteiger partial charge in [0.25, 0.3) is 11.8 Å². The number of nitrogens with zero attached hydrogens (tertiary/aromatic N) is 1. The Morgan fingerprint density at radius 1 is 1.28 bits per heavy atom. The molecule has 0 fully saturated rings. The molecular weight excluding hydrogens is 302 g/mol. The number of carbonyl (C=O) groups is 3. The van der Waals surface area contributed by atoms with Crippen LogP contribution in [0.25, 0.3) is 0 Å². The maximum Gasteiger partial charge on any atom is 0.321 e. The number of fused-ring (bicyclic) bond motifs is 1. The predicted octanol–water partition coefficient (Wildman–Crippen LogP) is 1.22. The van der Waals surface area contributed by atoms with Crippen molar-refractivity contribution >= 4 is 33.7 Å². The predicted molar refractivity (Wildman–Crippen MR) is 66.5 cm³/mol. The Balaban J connectivity index is 2.21. The number of halogens is 1. The summed E-state index contributed by atoms with van der Waals surface area (Å²) in [6, 6.07) is 6.58. The van der Waals surface area contributed by atoms with Gasteiger partial charge in [0.1, 0.15) is 4.83 Å². The number of amides is 2. The summed E-state index contributed by atoms with van der Waals surface area (Å²) < 4.78 is 4.53. The molecule has 0 radical (unpaired) electrons. The van der Waals surface area contributed by atoms with E-state index in [1.165, 1.54) is 7.11 Å². The number of ether oxygens (including phenoxy) is 1. The van der Waals surface area contributed by atoms with Gasteiger partial charge in [-0.3, -0.25) is 19.3 Å². The van der Waals surface area contributed by atoms with E-state index in [0.29, 0.717) is 11.1 Å². The molecule has 0 bridgehead atoms. The van der Waals surface area contributed by atoms with Crippen LogP contribution in [-0.2, 0) is 9.53 Å². The number of hydrogen-bond acceptors (Lipinski definition) is 4. The van der Waals surface area contributed by atoms with Crippen LogP contribution in [0, 0.1) is 0 Å². The van der Waals surface area contributed by atoms with Crippen LogP contribution < -0.4 is 0 Å². The second-order valence-electron chi connectivity index (χ2n) is 3.76. The standard InChI is InChI=1S/C12H10BrNO4/c1-18-12(17)9(13)6-14-10(15)7-4-2-3-5-8(7)11(14)16/h2-5,9H,6H2,1H3/t9-/m1/s1. The molecule has 0 aromatic heterocycles. The van der Waals surface area contributed by atoms with Crippen molar-refractivity contribution in [1.82, 2.24) is 4.90 Å². The molecule has 5 nitrogen and oxygen atoms in total. The number of carbonyl (C=O) groups excluding carboxylic acids is 3. The third-order valence-corrected chi connectivity index (χ3v) is 3.34. The summed E-state index contributed by atoms with van der Waals surface area (Å²) in [5.41, 5.74) is 0.735. The van der Waals surface area contributed by atoms with Crippen molar-refractivity contribution < 1.29 is 19.1 Å². The van der Waals surface area contributed by atoms with Crippen LogP contribution in [0.3, 0.4) is 0 Å². The van der Waals surface area contributed by atoms with Crippen LogP contribution >= 0.6 is 15.9 Å². The van der Waals surface area contributed by atoms with Gasteiger partial charge in [-0.05, 0) is 12.1 Å². The van der Waals surface area contributed by atoms with Gasteiger partial charge in [-0.25, -0.2) is 0 Å². The van der Waals surface area contributed by atoms with Crippen LogP contribution in [-0.4, -0.2) is 41.2 Å². The zero-order chi connectivity index (χ0) is 13.3. The highest BCUT2D eigenvalue weighted by molar-refractivity contribution is 9.10. The van der Waals surface area contributed by atoms with E-state index in [1.807, 2.05) is 0 Å². The molecule has 1 aliphatic heterocycles. The normalized spacial score (nSPS) is 15.6. The Hall–Kier alpha value is -1.69. The highest BCUT2D eigenvalue weighted by Crippen LogP contribution is 2.23. The Bertz CT molecular complexity index is 494. The lowest BCUT2D eigenvalue weighted by molar-refractivity contribution is -0.139. The van der Waals surface area contributed by atoms with E-state index in [-0.39, 0.29) is 18.4 Å². The van der Waals surface area contributed by atoms with E-state index in [9.17, 15) is 14.4 Å². The van der Waals surface area contributed by atoms with Gasteiger partial charge in [0.15, 0.2) is 0 Å². The molecule has 18 heavy (non-hydrogen) atoms. The van der Waals surface area contributed by atoms with Crippen LogP contribution in [0.4, 0.5) is 0 Å². The molecule has 94 valence electrons. The summed E-state index contributed by atoms with van der Waals surface area (Å²) in [7, 11) is 1.25. The van der Waals surface area contributed by atoms with Crippen molar-refractivity contribution in [1.29, 1.82) is 0 Å². The number of methoxy groups -OCH3 is 1. The third kappa shape index (κ3) is 2.03. The first-order valence-electron chi connectivity index (χ1n) is 5.23. The van der Waals surface area contributed by atoms with E-state index >= 15 is 0 Å². The molecule has 2 rings (SSSR count). The number of esters is 1. The number of rotatable bonds is 3. The minimum absolute atomic E-state index is 0.0426. The maximum absolute atomic E-state index is 12.0. The fourth-order valence-electron chi connectivity index (χ4n) is 1.77. The number of benzene rings is 1. The molecule has 2 amide bonds. The molecule has 0 spiro atoms. The quantitative estimate of drug-likeness (QED) is 0.478. The molecule has 0 N–H and O–H groups in total. The molecular formula is C12H10BrNO4. The summed E-state index contributed by atoms with van der Waals surface area (Å²) in [4.78, 5) is 35.6. The van der Waals surface area contributed by atoms with Gasteiger partial charge in [0.05, 0.1) is 24.8 Å². The zero-order valence-corrected chi connectivity index (χ0v) is 11.1. The maximum atomic E-state index is 12.0. The zero-order valence-electron chi connectivity index (χ0n) is 9.55. The van der Waals surface area contributed by atoms with Crippen molar-refractivity contribution in [3.05, 3.63) is 35.4 Å². The second kappa shape index (κ2) is 4.89. The SMILES string of the molecule is COC(=O)[C@H](Br)CN1C(=O)c2ccccc2C1=O. The first kappa shape index (κ1) is 12.8. The average molecular weight is 312 g/mol. The lowest BCUT2D eigenvalue weighted by Crippen LogP contribution is -2.38. The van der Waals surface area contributed by atoms with Crippen LogP contribution in [0.15, 0.2) is 24.3 Å². The highest BCUT2D eigenvalue weighted by atomic mass is 79.9. The molecule has 1 aliphatic rings. The lowest BCUT2D eigenvalue weighted by Gasteiger charge is -2.16. The van der Waals surface area contributed by atoms with E-state index in [0.717, 1.165) is 4.90 Å². The summed E-state index contributed by atoms with van der Waals surface area (Å²) in [6.07, 6.45) is 0.